The van der Waals surface area contributed by atoms with E-state index in [1.54, 1.807) is 10.9 Å². The Kier molecular flexibility index (Phi) is 6.04. The molecule has 0 saturated heterocycles. The third-order valence-electron chi connectivity index (χ3n) is 2.49. The number of terminal acetylenes is 1. The Morgan fingerprint density at radius 3 is 3.05 bits per heavy atom. The lowest BCUT2D eigenvalue weighted by atomic mass is 10.3. The molecular formula is C14H18N4O2. The molecule has 2 N–H and O–H groups in total. The van der Waals surface area contributed by atoms with E-state index < -0.39 is 0 Å². The van der Waals surface area contributed by atoms with Crippen molar-refractivity contribution in [1.82, 2.24) is 20.4 Å². The normalized spacial score (nSPS) is 11.2. The van der Waals surface area contributed by atoms with Crippen LogP contribution in [0, 0.1) is 12.3 Å². The molecule has 6 nitrogen and oxygen atoms in total. The largest absolute Gasteiger partial charge is 0.351 e. The van der Waals surface area contributed by atoms with Crippen LogP contribution < -0.4 is 10.6 Å². The fourth-order valence-corrected chi connectivity index (χ4v) is 1.56. The summed E-state index contributed by atoms with van der Waals surface area (Å²) in [7, 11) is 0. The zero-order valence-corrected chi connectivity index (χ0v) is 11.4. The second kappa shape index (κ2) is 7.79. The maximum Gasteiger partial charge on any atom is 0.254 e. The third kappa shape index (κ3) is 4.98. The van der Waals surface area contributed by atoms with Gasteiger partial charge in [-0.1, -0.05) is 6.58 Å². The van der Waals surface area contributed by atoms with Crippen molar-refractivity contribution < 1.29 is 9.59 Å². The first-order valence-electron chi connectivity index (χ1n) is 6.24. The Hall–Kier alpha value is -2.55. The Labute approximate surface area is 118 Å². The lowest BCUT2D eigenvalue weighted by Crippen LogP contribution is -2.34. The van der Waals surface area contributed by atoms with Crippen LogP contribution in [0.1, 0.15) is 23.7 Å². The summed E-state index contributed by atoms with van der Waals surface area (Å²) in [6, 6.07) is -0.113. The monoisotopic (exact) mass is 274 g/mol. The van der Waals surface area contributed by atoms with E-state index in [1.165, 1.54) is 12.3 Å². The molecule has 0 aromatic carbocycles. The molecule has 0 spiro atoms. The summed E-state index contributed by atoms with van der Waals surface area (Å²) in [5.74, 6) is 1.99. The van der Waals surface area contributed by atoms with Crippen LogP contribution in [-0.2, 0) is 11.3 Å². The minimum Gasteiger partial charge on any atom is -0.351 e. The second-order valence-electron chi connectivity index (χ2n) is 4.27. The van der Waals surface area contributed by atoms with E-state index in [0.29, 0.717) is 25.1 Å². The van der Waals surface area contributed by atoms with Crippen molar-refractivity contribution in [2.24, 2.45) is 0 Å². The topological polar surface area (TPSA) is 76.0 Å². The number of rotatable bonds is 7. The molecule has 106 valence electrons. The standard InChI is InChI=1S/C14H18N4O2/c1-4-6-7-15-14(20)12-8-16-18(10-12)9-11(3)17-13(19)5-2/h1,5,8,10-11H,2,6-7,9H2,3H3,(H,15,20)(H,17,19). The quantitative estimate of drug-likeness (QED) is 0.427. The van der Waals surface area contributed by atoms with Crippen LogP contribution in [0.3, 0.4) is 0 Å². The predicted molar refractivity (Wildman–Crippen MR) is 75.8 cm³/mol. The third-order valence-corrected chi connectivity index (χ3v) is 2.49. The van der Waals surface area contributed by atoms with E-state index in [9.17, 15) is 9.59 Å². The predicted octanol–water partition coefficient (Wildman–Crippen LogP) is 0.327. The summed E-state index contributed by atoms with van der Waals surface area (Å²) in [6.45, 7) is 6.13. The molecule has 0 fully saturated rings. The van der Waals surface area contributed by atoms with Gasteiger partial charge in [0.25, 0.3) is 5.91 Å². The van der Waals surface area contributed by atoms with Crippen LogP contribution in [0.2, 0.25) is 0 Å². The summed E-state index contributed by atoms with van der Waals surface area (Å²) in [4.78, 5) is 22.9. The molecule has 1 aromatic heterocycles. The molecule has 1 atom stereocenters. The van der Waals surface area contributed by atoms with Crippen molar-refractivity contribution in [3.63, 3.8) is 0 Å². The van der Waals surface area contributed by atoms with Crippen LogP contribution >= 0.6 is 0 Å². The highest BCUT2D eigenvalue weighted by atomic mass is 16.2. The average molecular weight is 274 g/mol. The number of hydrogen-bond acceptors (Lipinski definition) is 3. The number of carbonyl (C=O) groups is 2. The first kappa shape index (κ1) is 15.5. The minimum absolute atomic E-state index is 0.113. The van der Waals surface area contributed by atoms with Gasteiger partial charge >= 0.3 is 0 Å². The molecule has 0 radical (unpaired) electrons. The van der Waals surface area contributed by atoms with E-state index in [4.69, 9.17) is 6.42 Å². The first-order valence-corrected chi connectivity index (χ1v) is 6.24. The van der Waals surface area contributed by atoms with Gasteiger partial charge in [0.15, 0.2) is 0 Å². The number of nitrogens with zero attached hydrogens (tertiary/aromatic N) is 2. The average Bonchev–Trinajstić information content (AvgIpc) is 2.87. The van der Waals surface area contributed by atoms with Gasteiger partial charge in [-0.2, -0.15) is 5.10 Å². The van der Waals surface area contributed by atoms with Gasteiger partial charge in [-0.25, -0.2) is 0 Å². The molecule has 0 aliphatic carbocycles. The summed E-state index contributed by atoms with van der Waals surface area (Å²) in [5, 5.41) is 9.48. The fourth-order valence-electron chi connectivity index (χ4n) is 1.56. The van der Waals surface area contributed by atoms with Crippen LogP contribution in [-0.4, -0.2) is 34.2 Å². The SMILES string of the molecule is C#CCCNC(=O)c1cnn(CC(C)NC(=O)C=C)c1. The molecule has 2 amide bonds. The van der Waals surface area contributed by atoms with Gasteiger partial charge in [-0.05, 0) is 13.0 Å². The number of hydrogen-bond donors (Lipinski definition) is 2. The smallest absolute Gasteiger partial charge is 0.254 e. The van der Waals surface area contributed by atoms with Crippen LogP contribution in [0.5, 0.6) is 0 Å². The summed E-state index contributed by atoms with van der Waals surface area (Å²) < 4.78 is 1.60. The molecule has 20 heavy (non-hydrogen) atoms. The van der Waals surface area contributed by atoms with Crippen LogP contribution in [0.25, 0.3) is 0 Å². The molecule has 6 heteroatoms. The molecule has 1 unspecified atom stereocenters. The van der Waals surface area contributed by atoms with E-state index in [1.807, 2.05) is 6.92 Å². The highest BCUT2D eigenvalue weighted by Crippen LogP contribution is 1.99. The second-order valence-corrected chi connectivity index (χ2v) is 4.27. The summed E-state index contributed by atoms with van der Waals surface area (Å²) >= 11 is 0. The highest BCUT2D eigenvalue weighted by molar-refractivity contribution is 5.93. The van der Waals surface area contributed by atoms with E-state index in [2.05, 4.69) is 28.2 Å². The number of aromatic nitrogens is 2. The first-order chi connectivity index (χ1) is 9.56. The Balaban J connectivity index is 2.50. The van der Waals surface area contributed by atoms with E-state index in [-0.39, 0.29) is 17.9 Å². The Bertz CT molecular complexity index is 528. The Morgan fingerprint density at radius 2 is 2.40 bits per heavy atom. The molecule has 0 aliphatic heterocycles. The van der Waals surface area contributed by atoms with Crippen LogP contribution in [0.15, 0.2) is 25.0 Å². The molecular weight excluding hydrogens is 256 g/mol. The minimum atomic E-state index is -0.239. The van der Waals surface area contributed by atoms with Crippen molar-refractivity contribution in [2.75, 3.05) is 6.54 Å². The number of amides is 2. The molecule has 0 saturated carbocycles. The maximum atomic E-state index is 11.7. The molecule has 1 rings (SSSR count). The zero-order valence-electron chi connectivity index (χ0n) is 11.4. The summed E-state index contributed by atoms with van der Waals surface area (Å²) in [6.07, 6.45) is 9.91. The summed E-state index contributed by atoms with van der Waals surface area (Å²) in [5.41, 5.74) is 0.462. The van der Waals surface area contributed by atoms with Crippen LogP contribution in [0.4, 0.5) is 0 Å². The molecule has 1 aromatic rings. The van der Waals surface area contributed by atoms with Gasteiger partial charge in [0.2, 0.25) is 5.91 Å². The van der Waals surface area contributed by atoms with Gasteiger partial charge in [-0.3, -0.25) is 14.3 Å². The number of nitrogens with one attached hydrogen (secondary N) is 2. The zero-order chi connectivity index (χ0) is 15.0. The molecule has 1 heterocycles. The van der Waals surface area contributed by atoms with Gasteiger partial charge in [0.1, 0.15) is 0 Å². The van der Waals surface area contributed by atoms with Gasteiger partial charge in [-0.15, -0.1) is 12.3 Å². The van der Waals surface area contributed by atoms with Crippen molar-refractivity contribution in [3.8, 4) is 12.3 Å². The number of carbonyl (C=O) groups excluding carboxylic acids is 2. The van der Waals surface area contributed by atoms with Gasteiger partial charge < -0.3 is 10.6 Å². The van der Waals surface area contributed by atoms with E-state index >= 15 is 0 Å². The maximum absolute atomic E-state index is 11.7. The Morgan fingerprint density at radius 1 is 1.65 bits per heavy atom. The fraction of sp³-hybridized carbons (Fsp3) is 0.357. The van der Waals surface area contributed by atoms with Crippen molar-refractivity contribution in [3.05, 3.63) is 30.6 Å². The van der Waals surface area contributed by atoms with Crippen molar-refractivity contribution in [1.29, 1.82) is 0 Å². The van der Waals surface area contributed by atoms with Crippen molar-refractivity contribution >= 4 is 11.8 Å². The van der Waals surface area contributed by atoms with Gasteiger partial charge in [0, 0.05) is 25.2 Å². The van der Waals surface area contributed by atoms with Crippen molar-refractivity contribution in [2.45, 2.75) is 25.9 Å². The lowest BCUT2D eigenvalue weighted by Gasteiger charge is -2.12. The van der Waals surface area contributed by atoms with E-state index in [0.717, 1.165) is 0 Å². The lowest BCUT2D eigenvalue weighted by molar-refractivity contribution is -0.117. The highest BCUT2D eigenvalue weighted by Gasteiger charge is 2.10. The molecule has 0 bridgehead atoms. The molecule has 0 aliphatic rings. The van der Waals surface area contributed by atoms with Gasteiger partial charge in [0.05, 0.1) is 18.3 Å².